The Hall–Kier alpha value is -0.830. The van der Waals surface area contributed by atoms with Crippen molar-refractivity contribution in [3.63, 3.8) is 0 Å². The largest absolute Gasteiger partial charge is 0.330 e. The van der Waals surface area contributed by atoms with Crippen molar-refractivity contribution in [2.24, 2.45) is 11.8 Å². The molecule has 1 aliphatic carbocycles. The molecule has 19 heavy (non-hydrogen) atoms. The van der Waals surface area contributed by atoms with Crippen LogP contribution in [-0.4, -0.2) is 16.1 Å². The van der Waals surface area contributed by atoms with Gasteiger partial charge in [-0.05, 0) is 37.6 Å². The summed E-state index contributed by atoms with van der Waals surface area (Å²) in [5.41, 5.74) is 1.42. The average Bonchev–Trinajstić information content (AvgIpc) is 2.92. The summed E-state index contributed by atoms with van der Waals surface area (Å²) in [5, 5.41) is 3.67. The van der Waals surface area contributed by atoms with Crippen molar-refractivity contribution in [1.29, 1.82) is 0 Å². The number of rotatable bonds is 2. The van der Waals surface area contributed by atoms with Gasteiger partial charge in [-0.25, -0.2) is 4.98 Å². The number of nitrogens with one attached hydrogen (secondary N) is 1. The molecule has 0 aromatic carbocycles. The molecule has 3 rings (SSSR count). The molecule has 1 aromatic heterocycles. The van der Waals surface area contributed by atoms with Crippen molar-refractivity contribution < 1.29 is 0 Å². The van der Waals surface area contributed by atoms with Gasteiger partial charge in [-0.3, -0.25) is 0 Å². The third kappa shape index (κ3) is 2.58. The molecule has 1 aliphatic heterocycles. The van der Waals surface area contributed by atoms with E-state index < -0.39 is 0 Å². The minimum Gasteiger partial charge on any atom is -0.330 e. The zero-order valence-corrected chi connectivity index (χ0v) is 12.3. The summed E-state index contributed by atoms with van der Waals surface area (Å²) < 4.78 is 2.49. The predicted molar refractivity (Wildman–Crippen MR) is 78.0 cm³/mol. The minimum absolute atomic E-state index is 0.528. The maximum absolute atomic E-state index is 4.45. The second-order valence-corrected chi connectivity index (χ2v) is 6.56. The molecule has 1 N–H and O–H groups in total. The van der Waals surface area contributed by atoms with E-state index in [9.17, 15) is 0 Å². The van der Waals surface area contributed by atoms with E-state index in [1.165, 1.54) is 44.2 Å². The second kappa shape index (κ2) is 5.66. The smallest absolute Gasteiger partial charge is 0.0951 e. The highest BCUT2D eigenvalue weighted by atomic mass is 15.1. The Kier molecular flexibility index (Phi) is 3.92. The molecule has 4 atom stereocenters. The molecule has 1 saturated carbocycles. The van der Waals surface area contributed by atoms with E-state index in [0.29, 0.717) is 12.1 Å². The van der Waals surface area contributed by atoms with Gasteiger partial charge in [0.1, 0.15) is 0 Å². The Labute approximate surface area is 116 Å². The fourth-order valence-electron chi connectivity index (χ4n) is 3.91. The lowest BCUT2D eigenvalue weighted by molar-refractivity contribution is 0.180. The van der Waals surface area contributed by atoms with Crippen molar-refractivity contribution in [2.75, 3.05) is 6.54 Å². The maximum Gasteiger partial charge on any atom is 0.0951 e. The van der Waals surface area contributed by atoms with Crippen molar-refractivity contribution in [1.82, 2.24) is 14.9 Å². The molecule has 2 fully saturated rings. The van der Waals surface area contributed by atoms with Crippen LogP contribution < -0.4 is 5.32 Å². The van der Waals surface area contributed by atoms with Crippen LogP contribution >= 0.6 is 0 Å². The first-order chi connectivity index (χ1) is 9.27. The van der Waals surface area contributed by atoms with E-state index in [4.69, 9.17) is 0 Å². The Morgan fingerprint density at radius 1 is 1.16 bits per heavy atom. The summed E-state index contributed by atoms with van der Waals surface area (Å²) in [4.78, 5) is 4.45. The van der Waals surface area contributed by atoms with Crippen LogP contribution in [0, 0.1) is 11.8 Å². The summed E-state index contributed by atoms with van der Waals surface area (Å²) in [7, 11) is 0. The van der Waals surface area contributed by atoms with Crippen molar-refractivity contribution in [3.05, 3.63) is 18.2 Å². The third-order valence-electron chi connectivity index (χ3n) is 5.38. The van der Waals surface area contributed by atoms with Gasteiger partial charge in [0.05, 0.1) is 12.0 Å². The topological polar surface area (TPSA) is 29.9 Å². The van der Waals surface area contributed by atoms with Crippen LogP contribution in [0.4, 0.5) is 0 Å². The van der Waals surface area contributed by atoms with Crippen molar-refractivity contribution in [3.8, 4) is 0 Å². The van der Waals surface area contributed by atoms with Gasteiger partial charge in [0.15, 0.2) is 0 Å². The van der Waals surface area contributed by atoms with Gasteiger partial charge in [-0.2, -0.15) is 0 Å². The normalized spacial score (nSPS) is 36.3. The number of hydrogen-bond donors (Lipinski definition) is 1. The fraction of sp³-hybridized carbons (Fsp3) is 0.812. The first-order valence-electron chi connectivity index (χ1n) is 8.02. The van der Waals surface area contributed by atoms with Crippen LogP contribution in [0.5, 0.6) is 0 Å². The van der Waals surface area contributed by atoms with Crippen LogP contribution in [0.1, 0.15) is 70.2 Å². The average molecular weight is 261 g/mol. The molecule has 2 heterocycles. The lowest BCUT2D eigenvalue weighted by Gasteiger charge is -2.37. The highest BCUT2D eigenvalue weighted by Gasteiger charge is 2.30. The number of hydrogen-bond acceptors (Lipinski definition) is 2. The number of nitrogens with zero attached hydrogens (tertiary/aromatic N) is 2. The van der Waals surface area contributed by atoms with E-state index in [0.717, 1.165) is 18.4 Å². The number of imidazole rings is 1. The Morgan fingerprint density at radius 3 is 2.84 bits per heavy atom. The zero-order chi connectivity index (χ0) is 13.2. The van der Waals surface area contributed by atoms with E-state index in [1.807, 2.05) is 0 Å². The molecule has 0 radical (unpaired) electrons. The first-order valence-corrected chi connectivity index (χ1v) is 8.02. The zero-order valence-electron chi connectivity index (χ0n) is 12.3. The van der Waals surface area contributed by atoms with E-state index in [-0.39, 0.29) is 0 Å². The van der Waals surface area contributed by atoms with Crippen LogP contribution in [0.2, 0.25) is 0 Å². The highest BCUT2D eigenvalue weighted by Crippen LogP contribution is 2.39. The molecule has 1 aromatic rings. The van der Waals surface area contributed by atoms with Gasteiger partial charge in [0, 0.05) is 18.3 Å². The third-order valence-corrected chi connectivity index (χ3v) is 5.38. The molecular formula is C16H27N3. The lowest BCUT2D eigenvalue weighted by Crippen LogP contribution is -2.32. The summed E-state index contributed by atoms with van der Waals surface area (Å²) in [5.74, 6) is 1.61. The van der Waals surface area contributed by atoms with Gasteiger partial charge < -0.3 is 9.88 Å². The molecule has 3 heteroatoms. The molecule has 4 unspecified atom stereocenters. The minimum atomic E-state index is 0.528. The maximum atomic E-state index is 4.45. The monoisotopic (exact) mass is 261 g/mol. The SMILES string of the molecule is CC1CCCC(n2cncc2C2CCCCN2)C1C. The quantitative estimate of drug-likeness (QED) is 0.880. The van der Waals surface area contributed by atoms with Gasteiger partial charge in [0.25, 0.3) is 0 Å². The predicted octanol–water partition coefficient (Wildman–Crippen LogP) is 3.69. The summed E-state index contributed by atoms with van der Waals surface area (Å²) in [6, 6.07) is 1.19. The fourth-order valence-corrected chi connectivity index (χ4v) is 3.91. The number of piperidine rings is 1. The number of aromatic nitrogens is 2. The van der Waals surface area contributed by atoms with E-state index in [2.05, 4.69) is 41.2 Å². The van der Waals surface area contributed by atoms with E-state index in [1.54, 1.807) is 0 Å². The first kappa shape index (κ1) is 13.2. The second-order valence-electron chi connectivity index (χ2n) is 6.56. The molecule has 106 valence electrons. The van der Waals surface area contributed by atoms with Gasteiger partial charge in [0.2, 0.25) is 0 Å². The van der Waals surface area contributed by atoms with Gasteiger partial charge >= 0.3 is 0 Å². The molecule has 1 saturated heterocycles. The molecule has 3 nitrogen and oxygen atoms in total. The Morgan fingerprint density at radius 2 is 2.05 bits per heavy atom. The molecule has 0 spiro atoms. The molecule has 2 aliphatic rings. The Balaban J connectivity index is 1.82. The van der Waals surface area contributed by atoms with Crippen LogP contribution in [0.25, 0.3) is 0 Å². The molecule has 0 amide bonds. The Bertz CT molecular complexity index is 406. The van der Waals surface area contributed by atoms with E-state index >= 15 is 0 Å². The van der Waals surface area contributed by atoms with Gasteiger partial charge in [-0.1, -0.05) is 33.1 Å². The summed E-state index contributed by atoms with van der Waals surface area (Å²) in [6.07, 6.45) is 12.2. The van der Waals surface area contributed by atoms with Crippen LogP contribution in [0.15, 0.2) is 12.5 Å². The van der Waals surface area contributed by atoms with Crippen LogP contribution in [0.3, 0.4) is 0 Å². The highest BCUT2D eigenvalue weighted by molar-refractivity contribution is 5.09. The lowest BCUT2D eigenvalue weighted by atomic mass is 9.77. The molecular weight excluding hydrogens is 234 g/mol. The summed E-state index contributed by atoms with van der Waals surface area (Å²) in [6.45, 7) is 5.99. The van der Waals surface area contributed by atoms with Crippen molar-refractivity contribution >= 4 is 0 Å². The molecule has 0 bridgehead atoms. The van der Waals surface area contributed by atoms with Gasteiger partial charge in [-0.15, -0.1) is 0 Å². The van der Waals surface area contributed by atoms with Crippen LogP contribution in [-0.2, 0) is 0 Å². The summed E-state index contributed by atoms with van der Waals surface area (Å²) >= 11 is 0. The van der Waals surface area contributed by atoms with Crippen molar-refractivity contribution in [2.45, 2.75) is 64.5 Å². The standard InChI is InChI=1S/C16H27N3/c1-12-6-5-8-15(13(12)2)19-11-17-10-16(19)14-7-3-4-9-18-14/h10-15,18H,3-9H2,1-2H3.